The number of aryl methyl sites for hydroxylation is 1. The zero-order chi connectivity index (χ0) is 17.3. The van der Waals surface area contributed by atoms with Gasteiger partial charge < -0.3 is 9.80 Å². The van der Waals surface area contributed by atoms with E-state index in [0.29, 0.717) is 23.7 Å². The van der Waals surface area contributed by atoms with Crippen molar-refractivity contribution in [2.45, 2.75) is 18.9 Å². The largest absolute Gasteiger partial charge is 0.333 e. The lowest BCUT2D eigenvalue weighted by atomic mass is 10.2. The summed E-state index contributed by atoms with van der Waals surface area (Å²) in [5.74, 6) is -0.188. The van der Waals surface area contributed by atoms with E-state index in [4.69, 9.17) is 11.6 Å². The molecule has 0 radical (unpaired) electrons. The molecule has 7 heteroatoms. The quantitative estimate of drug-likeness (QED) is 0.849. The molecular weight excluding hydrogens is 328 g/mol. The Balaban J connectivity index is 1.70. The molecule has 6 nitrogen and oxygen atoms in total. The van der Waals surface area contributed by atoms with E-state index in [1.165, 1.54) is 4.90 Å². The molecule has 1 aliphatic rings. The van der Waals surface area contributed by atoms with Crippen molar-refractivity contribution in [2.24, 2.45) is 7.05 Å². The van der Waals surface area contributed by atoms with Crippen LogP contribution < -0.4 is 4.90 Å². The zero-order valence-corrected chi connectivity index (χ0v) is 14.4. The fourth-order valence-corrected chi connectivity index (χ4v) is 3.21. The van der Waals surface area contributed by atoms with E-state index in [9.17, 15) is 9.59 Å². The van der Waals surface area contributed by atoms with Gasteiger partial charge in [0.2, 0.25) is 11.8 Å². The average Bonchev–Trinajstić information content (AvgIpc) is 3.13. The van der Waals surface area contributed by atoms with E-state index in [1.807, 2.05) is 18.2 Å². The Morgan fingerprint density at radius 1 is 1.42 bits per heavy atom. The van der Waals surface area contributed by atoms with Crippen LogP contribution in [0.5, 0.6) is 0 Å². The van der Waals surface area contributed by atoms with Gasteiger partial charge in [0.25, 0.3) is 0 Å². The molecule has 1 aromatic heterocycles. The van der Waals surface area contributed by atoms with Gasteiger partial charge in [-0.05, 0) is 24.1 Å². The smallest absolute Gasteiger partial charge is 0.249 e. The van der Waals surface area contributed by atoms with Gasteiger partial charge in [-0.25, -0.2) is 0 Å². The molecule has 1 atom stereocenters. The average molecular weight is 347 g/mol. The number of halogens is 1. The molecule has 2 heterocycles. The zero-order valence-electron chi connectivity index (χ0n) is 13.6. The number of para-hydroxylation sites is 1. The summed E-state index contributed by atoms with van der Waals surface area (Å²) in [5, 5.41) is 4.60. The lowest BCUT2D eigenvalue weighted by Crippen LogP contribution is -2.43. The topological polar surface area (TPSA) is 58.4 Å². The van der Waals surface area contributed by atoms with Gasteiger partial charge in [-0.1, -0.05) is 23.7 Å². The molecule has 0 N–H and O–H groups in total. The predicted molar refractivity (Wildman–Crippen MR) is 91.9 cm³/mol. The monoisotopic (exact) mass is 346 g/mol. The lowest BCUT2D eigenvalue weighted by Gasteiger charge is -2.24. The van der Waals surface area contributed by atoms with E-state index in [-0.39, 0.29) is 18.2 Å². The maximum Gasteiger partial charge on any atom is 0.249 e. The molecule has 0 aliphatic carbocycles. The standard InChI is InChI=1S/C17H19ClN4O2/c1-20-11-12(10-19-20)9-16(23)21(2)15-7-8-22(17(15)24)14-6-4-3-5-13(14)18/h3-6,10-11,15H,7-9H2,1-2H3/t15-/m0/s1. The summed E-state index contributed by atoms with van der Waals surface area (Å²) in [4.78, 5) is 28.4. The van der Waals surface area contributed by atoms with Crippen LogP contribution in [0.25, 0.3) is 0 Å². The first-order chi connectivity index (χ1) is 11.5. The number of anilines is 1. The summed E-state index contributed by atoms with van der Waals surface area (Å²) >= 11 is 6.19. The van der Waals surface area contributed by atoms with E-state index >= 15 is 0 Å². The van der Waals surface area contributed by atoms with Crippen LogP contribution >= 0.6 is 11.6 Å². The summed E-state index contributed by atoms with van der Waals surface area (Å²) in [6.07, 6.45) is 4.30. The molecule has 3 rings (SSSR count). The maximum absolute atomic E-state index is 12.7. The molecule has 1 saturated heterocycles. The number of nitrogens with zero attached hydrogens (tertiary/aromatic N) is 4. The summed E-state index contributed by atoms with van der Waals surface area (Å²) in [6.45, 7) is 0.553. The minimum Gasteiger partial charge on any atom is -0.333 e. The molecule has 126 valence electrons. The Bertz CT molecular complexity index is 773. The summed E-state index contributed by atoms with van der Waals surface area (Å²) in [7, 11) is 3.48. The molecule has 0 bridgehead atoms. The van der Waals surface area contributed by atoms with Gasteiger partial charge in [0.05, 0.1) is 23.3 Å². The van der Waals surface area contributed by atoms with Gasteiger partial charge in [0.1, 0.15) is 6.04 Å². The van der Waals surface area contributed by atoms with Crippen molar-refractivity contribution in [2.75, 3.05) is 18.5 Å². The SMILES string of the molecule is CN(C(=O)Cc1cnn(C)c1)[C@H]1CCN(c2ccccc2Cl)C1=O. The first-order valence-electron chi connectivity index (χ1n) is 7.76. The third-order valence-electron chi connectivity index (χ3n) is 4.30. The lowest BCUT2D eigenvalue weighted by molar-refractivity contribution is -0.136. The van der Waals surface area contributed by atoms with Crippen molar-refractivity contribution in [3.05, 3.63) is 47.2 Å². The van der Waals surface area contributed by atoms with Crippen LogP contribution in [-0.2, 0) is 23.1 Å². The molecule has 0 unspecified atom stereocenters. The summed E-state index contributed by atoms with van der Waals surface area (Å²) in [5.41, 5.74) is 1.53. The van der Waals surface area contributed by atoms with Crippen LogP contribution in [0.2, 0.25) is 5.02 Å². The molecular formula is C17H19ClN4O2. The second-order valence-electron chi connectivity index (χ2n) is 5.95. The van der Waals surface area contributed by atoms with Crippen molar-refractivity contribution >= 4 is 29.1 Å². The molecule has 0 spiro atoms. The maximum atomic E-state index is 12.7. The van der Waals surface area contributed by atoms with Crippen LogP contribution in [0.1, 0.15) is 12.0 Å². The van der Waals surface area contributed by atoms with Gasteiger partial charge >= 0.3 is 0 Å². The van der Waals surface area contributed by atoms with E-state index in [0.717, 1.165) is 5.56 Å². The Morgan fingerprint density at radius 3 is 2.83 bits per heavy atom. The highest BCUT2D eigenvalue weighted by Crippen LogP contribution is 2.30. The van der Waals surface area contributed by atoms with Crippen molar-refractivity contribution < 1.29 is 9.59 Å². The van der Waals surface area contributed by atoms with Crippen molar-refractivity contribution in [1.29, 1.82) is 0 Å². The number of carbonyl (C=O) groups is 2. The molecule has 24 heavy (non-hydrogen) atoms. The number of hydrogen-bond donors (Lipinski definition) is 0. The van der Waals surface area contributed by atoms with Crippen LogP contribution in [0, 0.1) is 0 Å². The van der Waals surface area contributed by atoms with Crippen LogP contribution in [0.4, 0.5) is 5.69 Å². The fraction of sp³-hybridized carbons (Fsp3) is 0.353. The molecule has 0 saturated carbocycles. The predicted octanol–water partition coefficient (Wildman–Crippen LogP) is 1.88. The molecule has 1 aromatic carbocycles. The number of amides is 2. The molecule has 1 aliphatic heterocycles. The van der Waals surface area contributed by atoms with Crippen molar-refractivity contribution in [1.82, 2.24) is 14.7 Å². The molecule has 2 aromatic rings. The van der Waals surface area contributed by atoms with Crippen molar-refractivity contribution in [3.8, 4) is 0 Å². The second-order valence-corrected chi connectivity index (χ2v) is 6.36. The Morgan fingerprint density at radius 2 is 2.17 bits per heavy atom. The minimum absolute atomic E-state index is 0.0925. The number of aromatic nitrogens is 2. The Kier molecular flexibility index (Phi) is 4.57. The Hall–Kier alpha value is -2.34. The molecule has 2 amide bonds. The minimum atomic E-state index is -0.453. The first-order valence-corrected chi connectivity index (χ1v) is 8.14. The highest BCUT2D eigenvalue weighted by Gasteiger charge is 2.37. The highest BCUT2D eigenvalue weighted by atomic mass is 35.5. The van der Waals surface area contributed by atoms with E-state index in [1.54, 1.807) is 42.1 Å². The van der Waals surface area contributed by atoms with Crippen LogP contribution in [0.3, 0.4) is 0 Å². The number of carbonyl (C=O) groups excluding carboxylic acids is 2. The van der Waals surface area contributed by atoms with Gasteiger partial charge in [-0.15, -0.1) is 0 Å². The van der Waals surface area contributed by atoms with Gasteiger partial charge in [0, 0.05) is 26.8 Å². The van der Waals surface area contributed by atoms with Gasteiger partial charge in [-0.3, -0.25) is 14.3 Å². The van der Waals surface area contributed by atoms with Crippen molar-refractivity contribution in [3.63, 3.8) is 0 Å². The van der Waals surface area contributed by atoms with Crippen LogP contribution in [-0.4, -0.2) is 46.1 Å². The van der Waals surface area contributed by atoms with Gasteiger partial charge in [0.15, 0.2) is 0 Å². The third kappa shape index (κ3) is 3.14. The Labute approximate surface area is 145 Å². The highest BCUT2D eigenvalue weighted by molar-refractivity contribution is 6.34. The van der Waals surface area contributed by atoms with Gasteiger partial charge in [-0.2, -0.15) is 5.10 Å². The van der Waals surface area contributed by atoms with Crippen LogP contribution in [0.15, 0.2) is 36.7 Å². The normalized spacial score (nSPS) is 17.4. The summed E-state index contributed by atoms with van der Waals surface area (Å²) in [6, 6.07) is 6.80. The second kappa shape index (κ2) is 6.65. The molecule has 1 fully saturated rings. The number of hydrogen-bond acceptors (Lipinski definition) is 3. The fourth-order valence-electron chi connectivity index (χ4n) is 2.97. The first kappa shape index (κ1) is 16.5. The summed E-state index contributed by atoms with van der Waals surface area (Å²) < 4.78 is 1.66. The third-order valence-corrected chi connectivity index (χ3v) is 4.61. The van der Waals surface area contributed by atoms with E-state index in [2.05, 4.69) is 5.10 Å². The number of rotatable bonds is 4. The van der Waals surface area contributed by atoms with E-state index < -0.39 is 6.04 Å². The number of benzene rings is 1. The number of likely N-dealkylation sites (N-methyl/N-ethyl adjacent to an activating group) is 1.